The summed E-state index contributed by atoms with van der Waals surface area (Å²) in [5, 5.41) is 0. The molecule has 0 saturated carbocycles. The molecule has 0 aliphatic rings. The number of nitrogens with one attached hydrogen (secondary N) is 1. The molecule has 0 atom stereocenters. The van der Waals surface area contributed by atoms with Crippen molar-refractivity contribution in [3.63, 3.8) is 0 Å². The average molecular weight is 288 g/mol. The van der Waals surface area contributed by atoms with Gasteiger partial charge in [-0.05, 0) is 25.1 Å². The average Bonchev–Trinajstić information content (AvgIpc) is 2.30. The van der Waals surface area contributed by atoms with E-state index in [1.165, 1.54) is 24.3 Å². The van der Waals surface area contributed by atoms with E-state index in [0.29, 0.717) is 0 Å². The minimum atomic E-state index is -4.66. The van der Waals surface area contributed by atoms with Gasteiger partial charge in [0, 0.05) is 5.56 Å². The van der Waals surface area contributed by atoms with Gasteiger partial charge in [-0.3, -0.25) is 0 Å². The molecule has 2 nitrogen and oxygen atoms in total. The van der Waals surface area contributed by atoms with Gasteiger partial charge in [-0.1, -0.05) is 23.8 Å². The zero-order valence-electron chi connectivity index (χ0n) is 9.68. The van der Waals surface area contributed by atoms with E-state index in [0.717, 1.165) is 5.56 Å². The third-order valence-electron chi connectivity index (χ3n) is 2.42. The lowest BCUT2D eigenvalue weighted by molar-refractivity contribution is -0.145. The Hall–Kier alpha value is -1.76. The van der Waals surface area contributed by atoms with Gasteiger partial charge >= 0.3 is 6.18 Å². The molecule has 100 valence electrons. The first-order valence-electron chi connectivity index (χ1n) is 5.22. The number of aromatic nitrogens is 2. The van der Waals surface area contributed by atoms with Crippen LogP contribution in [0.25, 0.3) is 11.3 Å². The summed E-state index contributed by atoms with van der Waals surface area (Å²) in [4.78, 5) is 5.26. The van der Waals surface area contributed by atoms with E-state index >= 15 is 0 Å². The van der Waals surface area contributed by atoms with Crippen molar-refractivity contribution in [1.82, 2.24) is 9.97 Å². The first-order valence-corrected chi connectivity index (χ1v) is 5.63. The van der Waals surface area contributed by atoms with Gasteiger partial charge in [-0.2, -0.15) is 13.2 Å². The number of H-pyrrole nitrogens is 1. The SMILES string of the molecule is Cc1ccc(F)c(-c2cc(=S)nc(C(F)(F)F)[nH]2)c1. The molecule has 1 N–H and O–H groups in total. The standard InChI is InChI=1S/C12H8F4N2S/c1-6-2-3-8(13)7(4-6)9-5-10(19)18-11(17-9)12(14,15)16/h2-5H,1H3,(H,17,18,19). The molecule has 2 rings (SSSR count). The Morgan fingerprint density at radius 2 is 1.89 bits per heavy atom. The highest BCUT2D eigenvalue weighted by molar-refractivity contribution is 7.71. The molecule has 0 aliphatic heterocycles. The fraction of sp³-hybridized carbons (Fsp3) is 0.167. The fourth-order valence-electron chi connectivity index (χ4n) is 1.58. The molecule has 0 saturated heterocycles. The predicted octanol–water partition coefficient (Wildman–Crippen LogP) is 4.27. The van der Waals surface area contributed by atoms with Gasteiger partial charge in [0.15, 0.2) is 0 Å². The van der Waals surface area contributed by atoms with E-state index in [2.05, 4.69) is 22.2 Å². The quantitative estimate of drug-likeness (QED) is 0.627. The molecule has 19 heavy (non-hydrogen) atoms. The monoisotopic (exact) mass is 288 g/mol. The fourth-order valence-corrected chi connectivity index (χ4v) is 1.79. The second kappa shape index (κ2) is 4.73. The molecule has 7 heteroatoms. The van der Waals surface area contributed by atoms with Crippen molar-refractivity contribution in [3.05, 3.63) is 46.1 Å². The molecule has 0 radical (unpaired) electrons. The number of nitrogens with zero attached hydrogens (tertiary/aromatic N) is 1. The Kier molecular flexibility index (Phi) is 3.40. The van der Waals surface area contributed by atoms with Crippen molar-refractivity contribution in [2.24, 2.45) is 0 Å². The van der Waals surface area contributed by atoms with Crippen molar-refractivity contribution in [2.75, 3.05) is 0 Å². The molecule has 0 bridgehead atoms. The highest BCUT2D eigenvalue weighted by Crippen LogP contribution is 2.29. The first-order chi connectivity index (χ1) is 8.77. The number of aryl methyl sites for hydroxylation is 1. The Balaban J connectivity index is 2.66. The summed E-state index contributed by atoms with van der Waals surface area (Å²) in [5.74, 6) is -1.87. The van der Waals surface area contributed by atoms with Crippen LogP contribution in [0, 0.1) is 17.4 Å². The van der Waals surface area contributed by atoms with Gasteiger partial charge in [0.05, 0.1) is 5.69 Å². The number of hydrogen-bond donors (Lipinski definition) is 1. The molecule has 2 aromatic rings. The number of hydrogen-bond acceptors (Lipinski definition) is 2. The highest BCUT2D eigenvalue weighted by Gasteiger charge is 2.34. The van der Waals surface area contributed by atoms with Crippen LogP contribution in [0.2, 0.25) is 0 Å². The Morgan fingerprint density at radius 1 is 1.21 bits per heavy atom. The van der Waals surface area contributed by atoms with Crippen LogP contribution in [0.5, 0.6) is 0 Å². The van der Waals surface area contributed by atoms with Crippen molar-refractivity contribution in [2.45, 2.75) is 13.1 Å². The van der Waals surface area contributed by atoms with E-state index < -0.39 is 17.8 Å². The van der Waals surface area contributed by atoms with Gasteiger partial charge in [0.1, 0.15) is 10.5 Å². The van der Waals surface area contributed by atoms with Crippen molar-refractivity contribution >= 4 is 12.2 Å². The number of alkyl halides is 3. The van der Waals surface area contributed by atoms with E-state index in [4.69, 9.17) is 0 Å². The smallest absolute Gasteiger partial charge is 0.335 e. The topological polar surface area (TPSA) is 28.7 Å². The zero-order chi connectivity index (χ0) is 14.2. The summed E-state index contributed by atoms with van der Waals surface area (Å²) in [6.07, 6.45) is -4.66. The summed E-state index contributed by atoms with van der Waals surface area (Å²) in [5.41, 5.74) is 0.702. The Morgan fingerprint density at radius 3 is 2.53 bits per heavy atom. The van der Waals surface area contributed by atoms with Crippen LogP contribution in [0.15, 0.2) is 24.3 Å². The van der Waals surface area contributed by atoms with Gasteiger partial charge in [0.25, 0.3) is 0 Å². The Labute approximate surface area is 111 Å². The number of rotatable bonds is 1. The zero-order valence-corrected chi connectivity index (χ0v) is 10.5. The summed E-state index contributed by atoms with van der Waals surface area (Å²) < 4.78 is 51.2. The van der Waals surface area contributed by atoms with Gasteiger partial charge in [0.2, 0.25) is 5.82 Å². The molecule has 0 amide bonds. The van der Waals surface area contributed by atoms with Gasteiger partial charge in [-0.15, -0.1) is 0 Å². The van der Waals surface area contributed by atoms with Crippen LogP contribution in [-0.4, -0.2) is 9.97 Å². The second-order valence-corrected chi connectivity index (χ2v) is 4.38. The lowest BCUT2D eigenvalue weighted by Crippen LogP contribution is -2.11. The molecule has 1 aromatic carbocycles. The molecule has 0 unspecified atom stereocenters. The van der Waals surface area contributed by atoms with Crippen molar-refractivity contribution in [3.8, 4) is 11.3 Å². The van der Waals surface area contributed by atoms with Crippen LogP contribution in [0.4, 0.5) is 17.6 Å². The van der Waals surface area contributed by atoms with Crippen LogP contribution in [0.1, 0.15) is 11.4 Å². The normalized spacial score (nSPS) is 11.6. The molecule has 0 spiro atoms. The maximum atomic E-state index is 13.7. The lowest BCUT2D eigenvalue weighted by atomic mass is 10.1. The third kappa shape index (κ3) is 2.98. The third-order valence-corrected chi connectivity index (χ3v) is 2.63. The molecule has 1 heterocycles. The van der Waals surface area contributed by atoms with E-state index in [9.17, 15) is 17.6 Å². The van der Waals surface area contributed by atoms with E-state index in [1.807, 2.05) is 0 Å². The second-order valence-electron chi connectivity index (χ2n) is 3.96. The minimum Gasteiger partial charge on any atom is -0.335 e. The molecule has 0 fully saturated rings. The largest absolute Gasteiger partial charge is 0.449 e. The highest BCUT2D eigenvalue weighted by atomic mass is 32.1. The predicted molar refractivity (Wildman–Crippen MR) is 64.6 cm³/mol. The maximum absolute atomic E-state index is 13.7. The summed E-state index contributed by atoms with van der Waals surface area (Å²) in [7, 11) is 0. The summed E-state index contributed by atoms with van der Waals surface area (Å²) in [6, 6.07) is 5.35. The van der Waals surface area contributed by atoms with Gasteiger partial charge in [-0.25, -0.2) is 9.37 Å². The summed E-state index contributed by atoms with van der Waals surface area (Å²) >= 11 is 4.68. The first kappa shape index (κ1) is 13.7. The number of halogens is 4. The number of aromatic amines is 1. The van der Waals surface area contributed by atoms with E-state index in [-0.39, 0.29) is 15.9 Å². The van der Waals surface area contributed by atoms with Crippen LogP contribution in [0.3, 0.4) is 0 Å². The minimum absolute atomic E-state index is 0.0269. The lowest BCUT2D eigenvalue weighted by Gasteiger charge is -2.09. The molecule has 0 aliphatic carbocycles. The number of benzene rings is 1. The van der Waals surface area contributed by atoms with Crippen LogP contribution in [-0.2, 0) is 6.18 Å². The molecular weight excluding hydrogens is 280 g/mol. The maximum Gasteiger partial charge on any atom is 0.449 e. The van der Waals surface area contributed by atoms with Crippen LogP contribution < -0.4 is 0 Å². The van der Waals surface area contributed by atoms with Crippen LogP contribution >= 0.6 is 12.2 Å². The van der Waals surface area contributed by atoms with Crippen molar-refractivity contribution < 1.29 is 17.6 Å². The van der Waals surface area contributed by atoms with Gasteiger partial charge < -0.3 is 4.98 Å². The van der Waals surface area contributed by atoms with Crippen molar-refractivity contribution in [1.29, 1.82) is 0 Å². The summed E-state index contributed by atoms with van der Waals surface area (Å²) in [6.45, 7) is 1.71. The Bertz CT molecular complexity index is 676. The molecule has 1 aromatic heterocycles. The molecular formula is C12H8F4N2S. The van der Waals surface area contributed by atoms with E-state index in [1.54, 1.807) is 6.92 Å².